The molecule has 12 heteroatoms. The molecule has 1 saturated carbocycles. The number of carbonyl (C=O) groups excluding carboxylic acids is 1. The Morgan fingerprint density at radius 3 is 2.41 bits per heavy atom. The highest BCUT2D eigenvalue weighted by molar-refractivity contribution is 14.1. The SMILES string of the molecule is CSc1sc(C(=O)N[C@H]2CC[C@@H](Nc3nc(N(C)C)c4ccccc4n3)CC2)c(I)c1S(=O)(=O)C(C)C. The van der Waals surface area contributed by atoms with Crippen LogP contribution in [0.1, 0.15) is 49.2 Å². The molecule has 0 saturated heterocycles. The van der Waals surface area contributed by atoms with E-state index in [1.54, 1.807) is 13.8 Å². The Bertz CT molecular complexity index is 1400. The first-order chi connectivity index (χ1) is 17.5. The van der Waals surface area contributed by atoms with E-state index < -0.39 is 15.1 Å². The van der Waals surface area contributed by atoms with Crippen molar-refractivity contribution in [3.63, 3.8) is 0 Å². The number of amides is 1. The van der Waals surface area contributed by atoms with Crippen LogP contribution in [0.15, 0.2) is 33.4 Å². The normalized spacial score (nSPS) is 18.2. The fourth-order valence-electron chi connectivity index (χ4n) is 4.41. The van der Waals surface area contributed by atoms with Crippen molar-refractivity contribution in [3.8, 4) is 0 Å². The van der Waals surface area contributed by atoms with E-state index in [2.05, 4.69) is 10.6 Å². The van der Waals surface area contributed by atoms with Crippen molar-refractivity contribution >= 4 is 84.1 Å². The van der Waals surface area contributed by atoms with Crippen molar-refractivity contribution in [2.24, 2.45) is 0 Å². The smallest absolute Gasteiger partial charge is 0.262 e. The third kappa shape index (κ3) is 6.01. The molecule has 2 aromatic heterocycles. The molecule has 0 radical (unpaired) electrons. The molecule has 1 aliphatic carbocycles. The predicted octanol–water partition coefficient (Wildman–Crippen LogP) is 5.42. The van der Waals surface area contributed by atoms with Gasteiger partial charge in [0, 0.05) is 31.6 Å². The van der Waals surface area contributed by atoms with Crippen LogP contribution < -0.4 is 15.5 Å². The number of thiophene rings is 1. The zero-order chi connectivity index (χ0) is 26.9. The van der Waals surface area contributed by atoms with Gasteiger partial charge in [0.2, 0.25) is 5.95 Å². The first-order valence-corrected chi connectivity index (χ1v) is 16.8. The Labute approximate surface area is 240 Å². The van der Waals surface area contributed by atoms with Crippen LogP contribution >= 0.6 is 45.7 Å². The average molecular weight is 674 g/mol. The lowest BCUT2D eigenvalue weighted by atomic mass is 9.91. The second-order valence-corrected chi connectivity index (χ2v) is 15.2. The predicted molar refractivity (Wildman–Crippen MR) is 162 cm³/mol. The summed E-state index contributed by atoms with van der Waals surface area (Å²) >= 11 is 4.65. The standard InChI is InChI=1S/C25H32IN5O3S3/c1-14(2)37(33,34)21-19(26)20(36-24(21)35-5)23(32)27-15-10-12-16(13-11-15)28-25-29-18-9-7-6-8-17(18)22(30-25)31(3)4/h6-9,14-16H,10-13H2,1-5H3,(H,27,32)(H,28,29,30)/t15-,16+. The molecule has 1 amide bonds. The lowest BCUT2D eigenvalue weighted by Crippen LogP contribution is -2.40. The average Bonchev–Trinajstić information content (AvgIpc) is 3.21. The van der Waals surface area contributed by atoms with Gasteiger partial charge in [-0.15, -0.1) is 23.1 Å². The van der Waals surface area contributed by atoms with Crippen LogP contribution in [0, 0.1) is 3.57 Å². The van der Waals surface area contributed by atoms with E-state index in [4.69, 9.17) is 9.97 Å². The van der Waals surface area contributed by atoms with Gasteiger partial charge in [0.15, 0.2) is 9.84 Å². The highest BCUT2D eigenvalue weighted by atomic mass is 127. The fourth-order valence-corrected chi connectivity index (χ4v) is 10.3. The number of benzene rings is 1. The molecule has 2 heterocycles. The number of halogens is 1. The van der Waals surface area contributed by atoms with Crippen molar-refractivity contribution in [1.29, 1.82) is 0 Å². The van der Waals surface area contributed by atoms with Gasteiger partial charge in [0.05, 0.1) is 18.5 Å². The van der Waals surface area contributed by atoms with E-state index in [0.717, 1.165) is 42.4 Å². The van der Waals surface area contributed by atoms with Crippen LogP contribution in [0.25, 0.3) is 10.9 Å². The lowest BCUT2D eigenvalue weighted by molar-refractivity contribution is 0.0929. The van der Waals surface area contributed by atoms with Crippen molar-refractivity contribution in [3.05, 3.63) is 32.7 Å². The van der Waals surface area contributed by atoms with Crippen molar-refractivity contribution in [2.45, 2.75) is 66.0 Å². The monoisotopic (exact) mass is 673 g/mol. The number of para-hydroxylation sites is 1. The summed E-state index contributed by atoms with van der Waals surface area (Å²) < 4.78 is 27.0. The minimum Gasteiger partial charge on any atom is -0.362 e. The highest BCUT2D eigenvalue weighted by Gasteiger charge is 2.32. The number of nitrogens with zero attached hydrogens (tertiary/aromatic N) is 3. The minimum absolute atomic E-state index is 0.0428. The molecule has 2 N–H and O–H groups in total. The third-order valence-electron chi connectivity index (χ3n) is 6.48. The number of hydrogen-bond acceptors (Lipinski definition) is 9. The Morgan fingerprint density at radius 1 is 1.14 bits per heavy atom. The second-order valence-electron chi connectivity index (χ2n) is 9.61. The summed E-state index contributed by atoms with van der Waals surface area (Å²) in [6.07, 6.45) is 5.25. The summed E-state index contributed by atoms with van der Waals surface area (Å²) in [5.41, 5.74) is 0.902. The van der Waals surface area contributed by atoms with Gasteiger partial charge in [-0.25, -0.2) is 13.4 Å². The number of aromatic nitrogens is 2. The van der Waals surface area contributed by atoms with Crippen molar-refractivity contribution < 1.29 is 13.2 Å². The number of anilines is 2. The number of sulfone groups is 1. The van der Waals surface area contributed by atoms with Gasteiger partial charge < -0.3 is 15.5 Å². The van der Waals surface area contributed by atoms with E-state index in [0.29, 0.717) is 23.5 Å². The quantitative estimate of drug-likeness (QED) is 0.242. The number of rotatable bonds is 8. The second kappa shape index (κ2) is 11.6. The zero-order valence-corrected chi connectivity index (χ0v) is 26.1. The van der Waals surface area contributed by atoms with E-state index in [1.165, 1.54) is 23.1 Å². The number of carbonyl (C=O) groups is 1. The summed E-state index contributed by atoms with van der Waals surface area (Å²) in [6, 6.07) is 8.25. The molecule has 200 valence electrons. The molecule has 1 aliphatic rings. The Hall–Kier alpha value is -1.64. The molecule has 0 unspecified atom stereocenters. The maximum atomic E-state index is 13.2. The van der Waals surface area contributed by atoms with Crippen LogP contribution in [0.4, 0.5) is 11.8 Å². The number of nitrogens with one attached hydrogen (secondary N) is 2. The summed E-state index contributed by atoms with van der Waals surface area (Å²) in [4.78, 5) is 25.4. The third-order valence-corrected chi connectivity index (χ3v) is 13.1. The maximum absolute atomic E-state index is 13.2. The van der Waals surface area contributed by atoms with Crippen LogP contribution in [0.2, 0.25) is 0 Å². The fraction of sp³-hybridized carbons (Fsp3) is 0.480. The first kappa shape index (κ1) is 28.4. The Morgan fingerprint density at radius 2 is 1.78 bits per heavy atom. The minimum atomic E-state index is -3.48. The van der Waals surface area contributed by atoms with Gasteiger partial charge in [-0.05, 0) is 80.5 Å². The molecule has 1 fully saturated rings. The highest BCUT2D eigenvalue weighted by Crippen LogP contribution is 2.40. The molecule has 37 heavy (non-hydrogen) atoms. The molecule has 0 atom stereocenters. The van der Waals surface area contributed by atoms with E-state index >= 15 is 0 Å². The van der Waals surface area contributed by atoms with Crippen molar-refractivity contribution in [1.82, 2.24) is 15.3 Å². The van der Waals surface area contributed by atoms with Gasteiger partial charge in [-0.3, -0.25) is 4.79 Å². The van der Waals surface area contributed by atoms with Gasteiger partial charge in [-0.1, -0.05) is 12.1 Å². The summed E-state index contributed by atoms with van der Waals surface area (Å²) in [5, 5.41) is 7.12. The van der Waals surface area contributed by atoms with E-state index in [-0.39, 0.29) is 18.0 Å². The lowest BCUT2D eigenvalue weighted by Gasteiger charge is -2.30. The zero-order valence-electron chi connectivity index (χ0n) is 21.5. The van der Waals surface area contributed by atoms with Gasteiger partial charge in [0.1, 0.15) is 15.6 Å². The molecular formula is C25H32IN5O3S3. The maximum Gasteiger partial charge on any atom is 0.262 e. The van der Waals surface area contributed by atoms with E-state index in [1.807, 2.05) is 72.1 Å². The molecule has 8 nitrogen and oxygen atoms in total. The number of hydrogen-bond donors (Lipinski definition) is 2. The van der Waals surface area contributed by atoms with Crippen molar-refractivity contribution in [2.75, 3.05) is 30.6 Å². The van der Waals surface area contributed by atoms with Crippen LogP contribution in [-0.4, -0.2) is 62.0 Å². The topological polar surface area (TPSA) is 104 Å². The number of fused-ring (bicyclic) bond motifs is 1. The van der Waals surface area contributed by atoms with Gasteiger partial charge in [-0.2, -0.15) is 4.98 Å². The number of thioether (sulfide) groups is 1. The van der Waals surface area contributed by atoms with Crippen LogP contribution in [0.5, 0.6) is 0 Å². The summed E-state index contributed by atoms with van der Waals surface area (Å²) in [5.74, 6) is 1.30. The molecular weight excluding hydrogens is 641 g/mol. The summed E-state index contributed by atoms with van der Waals surface area (Å²) in [6.45, 7) is 3.34. The molecule has 1 aromatic carbocycles. The Kier molecular flexibility index (Phi) is 8.91. The van der Waals surface area contributed by atoms with Crippen LogP contribution in [0.3, 0.4) is 0 Å². The molecule has 0 bridgehead atoms. The largest absolute Gasteiger partial charge is 0.362 e. The molecule has 0 spiro atoms. The van der Waals surface area contributed by atoms with Crippen LogP contribution in [-0.2, 0) is 9.84 Å². The molecule has 3 aromatic rings. The molecule has 4 rings (SSSR count). The van der Waals surface area contributed by atoms with E-state index in [9.17, 15) is 13.2 Å². The molecule has 0 aliphatic heterocycles. The Balaban J connectivity index is 1.42. The first-order valence-electron chi connectivity index (χ1n) is 12.1. The summed E-state index contributed by atoms with van der Waals surface area (Å²) in [7, 11) is 0.477. The van der Waals surface area contributed by atoms with Gasteiger partial charge >= 0.3 is 0 Å². The van der Waals surface area contributed by atoms with Gasteiger partial charge in [0.25, 0.3) is 5.91 Å².